The largest absolute Gasteiger partial charge is 0.495 e. The van der Waals surface area contributed by atoms with E-state index in [1.54, 1.807) is 13.3 Å². The zero-order valence-electron chi connectivity index (χ0n) is 9.82. The molecule has 0 aliphatic rings. The molecule has 1 atom stereocenters. The van der Waals surface area contributed by atoms with Crippen LogP contribution in [-0.2, 0) is 0 Å². The van der Waals surface area contributed by atoms with Crippen LogP contribution in [0.3, 0.4) is 0 Å². The van der Waals surface area contributed by atoms with E-state index in [4.69, 9.17) is 4.74 Å². The molecule has 15 heavy (non-hydrogen) atoms. The van der Waals surface area contributed by atoms with Gasteiger partial charge in [-0.1, -0.05) is 0 Å². The minimum atomic E-state index is 0.191. The lowest BCUT2D eigenvalue weighted by atomic mass is 10.1. The number of aromatic nitrogens is 1. The molecule has 0 saturated heterocycles. The van der Waals surface area contributed by atoms with E-state index in [-0.39, 0.29) is 6.04 Å². The van der Waals surface area contributed by atoms with Crippen LogP contribution in [0.25, 0.3) is 0 Å². The molecule has 1 heterocycles. The molecule has 0 aliphatic heterocycles. The summed E-state index contributed by atoms with van der Waals surface area (Å²) in [6.45, 7) is 0.893. The number of rotatable bonds is 5. The Morgan fingerprint density at radius 2 is 2.27 bits per heavy atom. The van der Waals surface area contributed by atoms with Gasteiger partial charge in [-0.15, -0.1) is 0 Å². The minimum Gasteiger partial charge on any atom is -0.495 e. The number of hydrogen-bond acceptors (Lipinski definition) is 4. The zero-order valence-corrected chi connectivity index (χ0v) is 9.82. The smallest absolute Gasteiger partial charge is 0.142 e. The van der Waals surface area contributed by atoms with Crippen molar-refractivity contribution in [3.8, 4) is 5.75 Å². The Bertz CT molecular complexity index is 302. The molecule has 0 amide bonds. The summed E-state index contributed by atoms with van der Waals surface area (Å²) in [7, 11) is 7.69. The molecule has 4 nitrogen and oxygen atoms in total. The monoisotopic (exact) mass is 209 g/mol. The topological polar surface area (TPSA) is 37.4 Å². The molecule has 0 radical (unpaired) electrons. The van der Waals surface area contributed by atoms with E-state index >= 15 is 0 Å². The molecule has 1 unspecified atom stereocenters. The van der Waals surface area contributed by atoms with E-state index < -0.39 is 0 Å². The molecule has 0 bridgehead atoms. The van der Waals surface area contributed by atoms with Crippen LogP contribution in [0.1, 0.15) is 11.7 Å². The SMILES string of the molecule is CNC(CN(C)C)c1ncccc1OC. The summed E-state index contributed by atoms with van der Waals surface area (Å²) in [5, 5.41) is 3.24. The number of nitrogens with one attached hydrogen (secondary N) is 1. The summed E-state index contributed by atoms with van der Waals surface area (Å²) >= 11 is 0. The van der Waals surface area contributed by atoms with Crippen LogP contribution in [0, 0.1) is 0 Å². The van der Waals surface area contributed by atoms with Crippen LogP contribution >= 0.6 is 0 Å². The molecule has 1 aromatic rings. The van der Waals surface area contributed by atoms with Gasteiger partial charge in [0, 0.05) is 12.7 Å². The van der Waals surface area contributed by atoms with Crippen LogP contribution in [0.4, 0.5) is 0 Å². The molecule has 1 rings (SSSR count). The molecule has 0 aromatic carbocycles. The van der Waals surface area contributed by atoms with Crippen LogP contribution < -0.4 is 10.1 Å². The molecule has 84 valence electrons. The van der Waals surface area contributed by atoms with Gasteiger partial charge in [0.05, 0.1) is 13.2 Å². The Morgan fingerprint density at radius 1 is 1.53 bits per heavy atom. The third-order valence-electron chi connectivity index (χ3n) is 2.25. The highest BCUT2D eigenvalue weighted by molar-refractivity contribution is 5.29. The number of likely N-dealkylation sites (N-methyl/N-ethyl adjacent to an activating group) is 2. The summed E-state index contributed by atoms with van der Waals surface area (Å²) in [6.07, 6.45) is 1.79. The zero-order chi connectivity index (χ0) is 11.3. The average molecular weight is 209 g/mol. The van der Waals surface area contributed by atoms with Crippen LogP contribution in [-0.4, -0.2) is 44.7 Å². The van der Waals surface area contributed by atoms with E-state index in [1.165, 1.54) is 0 Å². The van der Waals surface area contributed by atoms with Crippen LogP contribution in [0.2, 0.25) is 0 Å². The summed E-state index contributed by atoms with van der Waals surface area (Å²) in [5.74, 6) is 0.832. The maximum atomic E-state index is 5.29. The van der Waals surface area contributed by atoms with Crippen molar-refractivity contribution in [2.45, 2.75) is 6.04 Å². The Labute approximate surface area is 91.3 Å². The third-order valence-corrected chi connectivity index (χ3v) is 2.25. The highest BCUT2D eigenvalue weighted by Crippen LogP contribution is 2.22. The first-order chi connectivity index (χ1) is 7.19. The van der Waals surface area contributed by atoms with Crippen molar-refractivity contribution in [2.24, 2.45) is 0 Å². The Kier molecular flexibility index (Phi) is 4.52. The normalized spacial score (nSPS) is 12.9. The molecule has 4 heteroatoms. The molecule has 1 N–H and O–H groups in total. The lowest BCUT2D eigenvalue weighted by Gasteiger charge is -2.21. The molecule has 0 saturated carbocycles. The maximum Gasteiger partial charge on any atom is 0.142 e. The van der Waals surface area contributed by atoms with Gasteiger partial charge in [-0.2, -0.15) is 0 Å². The Balaban J connectivity index is 2.90. The van der Waals surface area contributed by atoms with Gasteiger partial charge < -0.3 is 15.0 Å². The van der Waals surface area contributed by atoms with Crippen molar-refractivity contribution in [1.29, 1.82) is 0 Å². The molecule has 0 aliphatic carbocycles. The van der Waals surface area contributed by atoms with E-state index in [0.717, 1.165) is 18.0 Å². The number of nitrogens with zero attached hydrogens (tertiary/aromatic N) is 2. The quantitative estimate of drug-likeness (QED) is 0.782. The van der Waals surface area contributed by atoms with Crippen molar-refractivity contribution >= 4 is 0 Å². The fourth-order valence-electron chi connectivity index (χ4n) is 1.52. The number of pyridine rings is 1. The predicted molar refractivity (Wildman–Crippen MR) is 61.1 cm³/mol. The van der Waals surface area contributed by atoms with Gasteiger partial charge in [-0.25, -0.2) is 0 Å². The lowest BCUT2D eigenvalue weighted by molar-refractivity contribution is 0.336. The summed E-state index contributed by atoms with van der Waals surface area (Å²) < 4.78 is 5.29. The second-order valence-corrected chi connectivity index (χ2v) is 3.69. The molecular weight excluding hydrogens is 190 g/mol. The van der Waals surface area contributed by atoms with Gasteiger partial charge in [0.15, 0.2) is 0 Å². The lowest BCUT2D eigenvalue weighted by Crippen LogP contribution is -2.29. The van der Waals surface area contributed by atoms with E-state index in [1.807, 2.05) is 33.3 Å². The van der Waals surface area contributed by atoms with Crippen LogP contribution in [0.15, 0.2) is 18.3 Å². The summed E-state index contributed by atoms with van der Waals surface area (Å²) in [6, 6.07) is 4.00. The predicted octanol–water partition coefficient (Wildman–Crippen LogP) is 0.912. The summed E-state index contributed by atoms with van der Waals surface area (Å²) in [5.41, 5.74) is 0.955. The fraction of sp³-hybridized carbons (Fsp3) is 0.545. The molecular formula is C11H19N3O. The van der Waals surface area contributed by atoms with Gasteiger partial charge >= 0.3 is 0 Å². The van der Waals surface area contributed by atoms with E-state index in [2.05, 4.69) is 15.2 Å². The van der Waals surface area contributed by atoms with Gasteiger partial charge in [0.1, 0.15) is 11.4 Å². The maximum absolute atomic E-state index is 5.29. The van der Waals surface area contributed by atoms with Crippen LogP contribution in [0.5, 0.6) is 5.75 Å². The van der Waals surface area contributed by atoms with Crippen molar-refractivity contribution in [1.82, 2.24) is 15.2 Å². The first-order valence-electron chi connectivity index (χ1n) is 5.00. The van der Waals surface area contributed by atoms with Crippen molar-refractivity contribution in [2.75, 3.05) is 34.8 Å². The van der Waals surface area contributed by atoms with Gasteiger partial charge in [0.25, 0.3) is 0 Å². The number of ether oxygens (including phenoxy) is 1. The third kappa shape index (κ3) is 3.18. The standard InChI is InChI=1S/C11H19N3O/c1-12-9(8-14(2)3)11-10(15-4)6-5-7-13-11/h5-7,9,12H,8H2,1-4H3. The highest BCUT2D eigenvalue weighted by Gasteiger charge is 2.15. The average Bonchev–Trinajstić information content (AvgIpc) is 2.25. The van der Waals surface area contributed by atoms with Crippen molar-refractivity contribution in [3.63, 3.8) is 0 Å². The number of methoxy groups -OCH3 is 1. The fourth-order valence-corrected chi connectivity index (χ4v) is 1.52. The first kappa shape index (κ1) is 11.9. The Morgan fingerprint density at radius 3 is 2.80 bits per heavy atom. The molecule has 0 fully saturated rings. The van der Waals surface area contributed by atoms with E-state index in [0.29, 0.717) is 0 Å². The minimum absolute atomic E-state index is 0.191. The van der Waals surface area contributed by atoms with E-state index in [9.17, 15) is 0 Å². The Hall–Kier alpha value is -1.13. The van der Waals surface area contributed by atoms with Crippen molar-refractivity contribution in [3.05, 3.63) is 24.0 Å². The van der Waals surface area contributed by atoms with Crippen molar-refractivity contribution < 1.29 is 4.74 Å². The summed E-state index contributed by atoms with van der Waals surface area (Å²) in [4.78, 5) is 6.48. The second kappa shape index (κ2) is 5.68. The van der Waals surface area contributed by atoms with Gasteiger partial charge in [-0.05, 0) is 33.3 Å². The second-order valence-electron chi connectivity index (χ2n) is 3.69. The first-order valence-corrected chi connectivity index (χ1v) is 5.00. The molecule has 1 aromatic heterocycles. The highest BCUT2D eigenvalue weighted by atomic mass is 16.5. The van der Waals surface area contributed by atoms with Gasteiger partial charge in [0.2, 0.25) is 0 Å². The molecule has 0 spiro atoms. The number of hydrogen-bond donors (Lipinski definition) is 1. The van der Waals surface area contributed by atoms with Gasteiger partial charge in [-0.3, -0.25) is 4.98 Å².